The molecule has 35 heavy (non-hydrogen) atoms. The van der Waals surface area contributed by atoms with Gasteiger partial charge in [-0.1, -0.05) is 30.3 Å². The normalized spacial score (nSPS) is 18.5. The van der Waals surface area contributed by atoms with Gasteiger partial charge < -0.3 is 4.90 Å². The highest BCUT2D eigenvalue weighted by Crippen LogP contribution is 2.37. The number of carbonyl (C=O) groups excluding carboxylic acids is 1. The van der Waals surface area contributed by atoms with Crippen LogP contribution in [0.2, 0.25) is 0 Å². The second-order valence-corrected chi connectivity index (χ2v) is 11.4. The van der Waals surface area contributed by atoms with Crippen LogP contribution in [0.25, 0.3) is 0 Å². The summed E-state index contributed by atoms with van der Waals surface area (Å²) in [5.74, 6) is 0.0945. The molecule has 2 heterocycles. The average Bonchev–Trinajstić information content (AvgIpc) is 3.20. The molecule has 0 N–H and O–H groups in total. The molecule has 5 nitrogen and oxygen atoms in total. The highest BCUT2D eigenvalue weighted by Gasteiger charge is 2.36. The summed E-state index contributed by atoms with van der Waals surface area (Å²) in [6, 6.07) is 20.3. The summed E-state index contributed by atoms with van der Waals surface area (Å²) in [7, 11) is -3.83. The van der Waals surface area contributed by atoms with E-state index in [1.165, 1.54) is 22.0 Å². The van der Waals surface area contributed by atoms with Crippen LogP contribution >= 0.6 is 0 Å². The van der Waals surface area contributed by atoms with E-state index in [0.29, 0.717) is 23.6 Å². The maximum atomic E-state index is 13.3. The van der Waals surface area contributed by atoms with E-state index >= 15 is 0 Å². The fraction of sp³-hybridized carbons (Fsp3) is 0.321. The van der Waals surface area contributed by atoms with Gasteiger partial charge in [0.25, 0.3) is 15.9 Å². The zero-order valence-electron chi connectivity index (χ0n) is 19.7. The molecule has 0 bridgehead atoms. The standard InChI is InChI=1S/C28H29FN2O3S/c1-20-17-24-19-23(7-12-27(24)31(20)35(33,34)26-10-8-25(29)9-11-26)28(32)30-15-13-22(14-16-30)18-21-5-3-2-4-6-21/h2-12,19-20,22H,13-18H2,1H3/t20-/m1/s1. The molecule has 5 rings (SSSR count). The molecule has 1 fully saturated rings. The highest BCUT2D eigenvalue weighted by atomic mass is 32.2. The number of nitrogens with zero attached hydrogens (tertiary/aromatic N) is 2. The van der Waals surface area contributed by atoms with Gasteiger partial charge in [0.1, 0.15) is 5.82 Å². The Bertz CT molecular complexity index is 1320. The van der Waals surface area contributed by atoms with Crippen LogP contribution in [0.5, 0.6) is 0 Å². The van der Waals surface area contributed by atoms with Gasteiger partial charge in [0, 0.05) is 24.7 Å². The van der Waals surface area contributed by atoms with Crippen LogP contribution in [-0.2, 0) is 22.9 Å². The van der Waals surface area contributed by atoms with E-state index < -0.39 is 15.8 Å². The zero-order valence-corrected chi connectivity index (χ0v) is 20.5. The number of hydrogen-bond donors (Lipinski definition) is 0. The van der Waals surface area contributed by atoms with Gasteiger partial charge in [0.2, 0.25) is 0 Å². The number of benzene rings is 3. The Labute approximate surface area is 206 Å². The average molecular weight is 493 g/mol. The predicted molar refractivity (Wildman–Crippen MR) is 134 cm³/mol. The first-order chi connectivity index (χ1) is 16.8. The first-order valence-electron chi connectivity index (χ1n) is 12.1. The number of piperidine rings is 1. The number of amides is 1. The third-order valence-electron chi connectivity index (χ3n) is 7.12. The number of carbonyl (C=O) groups is 1. The Morgan fingerprint density at radius 2 is 1.66 bits per heavy atom. The fourth-order valence-corrected chi connectivity index (χ4v) is 6.98. The van der Waals surface area contributed by atoms with Crippen LogP contribution in [0, 0.1) is 11.7 Å². The van der Waals surface area contributed by atoms with Crippen molar-refractivity contribution in [2.45, 2.75) is 43.5 Å². The minimum atomic E-state index is -3.83. The molecule has 1 saturated heterocycles. The minimum Gasteiger partial charge on any atom is -0.339 e. The van der Waals surface area contributed by atoms with Crippen LogP contribution in [0.1, 0.15) is 41.3 Å². The van der Waals surface area contributed by atoms with Crippen molar-refractivity contribution in [2.24, 2.45) is 5.92 Å². The first-order valence-corrected chi connectivity index (χ1v) is 13.5. The highest BCUT2D eigenvalue weighted by molar-refractivity contribution is 7.92. The molecule has 2 aliphatic heterocycles. The van der Waals surface area contributed by atoms with Crippen LogP contribution < -0.4 is 4.31 Å². The summed E-state index contributed by atoms with van der Waals surface area (Å²) in [5, 5.41) is 0. The van der Waals surface area contributed by atoms with Crippen LogP contribution in [0.15, 0.2) is 77.7 Å². The van der Waals surface area contributed by atoms with Gasteiger partial charge in [-0.25, -0.2) is 12.8 Å². The van der Waals surface area contributed by atoms with Crippen LogP contribution in [0.4, 0.5) is 10.1 Å². The molecule has 0 aromatic heterocycles. The number of halogens is 1. The molecule has 3 aromatic carbocycles. The lowest BCUT2D eigenvalue weighted by Crippen LogP contribution is -2.39. The van der Waals surface area contributed by atoms with Crippen molar-refractivity contribution >= 4 is 21.6 Å². The lowest BCUT2D eigenvalue weighted by molar-refractivity contribution is 0.0690. The van der Waals surface area contributed by atoms with Crippen molar-refractivity contribution in [3.05, 3.63) is 95.3 Å². The maximum absolute atomic E-state index is 13.3. The smallest absolute Gasteiger partial charge is 0.264 e. The third kappa shape index (κ3) is 4.69. The molecule has 182 valence electrons. The summed E-state index contributed by atoms with van der Waals surface area (Å²) in [4.78, 5) is 15.2. The molecule has 0 saturated carbocycles. The van der Waals surface area contributed by atoms with Crippen molar-refractivity contribution in [2.75, 3.05) is 17.4 Å². The van der Waals surface area contributed by atoms with E-state index in [4.69, 9.17) is 0 Å². The van der Waals surface area contributed by atoms with Crippen molar-refractivity contribution in [1.82, 2.24) is 4.90 Å². The van der Waals surface area contributed by atoms with Gasteiger partial charge in [-0.15, -0.1) is 0 Å². The topological polar surface area (TPSA) is 57.7 Å². The molecule has 7 heteroatoms. The lowest BCUT2D eigenvalue weighted by Gasteiger charge is -2.32. The van der Waals surface area contributed by atoms with E-state index in [-0.39, 0.29) is 16.8 Å². The van der Waals surface area contributed by atoms with Gasteiger partial charge in [0.05, 0.1) is 10.6 Å². The molecular formula is C28H29FN2O3S. The number of sulfonamides is 1. The molecule has 1 atom stereocenters. The molecule has 0 spiro atoms. The van der Waals surface area contributed by atoms with Crippen molar-refractivity contribution in [3.63, 3.8) is 0 Å². The molecule has 0 aliphatic carbocycles. The Morgan fingerprint density at radius 1 is 0.971 bits per heavy atom. The monoisotopic (exact) mass is 492 g/mol. The second kappa shape index (κ2) is 9.46. The van der Waals surface area contributed by atoms with E-state index in [0.717, 1.165) is 50.0 Å². The molecule has 0 unspecified atom stereocenters. The fourth-order valence-electron chi connectivity index (χ4n) is 5.29. The van der Waals surface area contributed by atoms with E-state index in [9.17, 15) is 17.6 Å². The summed E-state index contributed by atoms with van der Waals surface area (Å²) < 4.78 is 41.3. The Hall–Kier alpha value is -3.19. The summed E-state index contributed by atoms with van der Waals surface area (Å²) in [5.41, 5.74) is 3.36. The molecule has 3 aromatic rings. The number of hydrogen-bond acceptors (Lipinski definition) is 3. The maximum Gasteiger partial charge on any atom is 0.264 e. The Morgan fingerprint density at radius 3 is 2.34 bits per heavy atom. The summed E-state index contributed by atoms with van der Waals surface area (Å²) in [6.45, 7) is 3.31. The number of rotatable bonds is 5. The number of likely N-dealkylation sites (tertiary alicyclic amines) is 1. The Balaban J connectivity index is 1.29. The lowest BCUT2D eigenvalue weighted by atomic mass is 9.90. The van der Waals surface area contributed by atoms with Crippen molar-refractivity contribution in [1.29, 1.82) is 0 Å². The quantitative estimate of drug-likeness (QED) is 0.500. The van der Waals surface area contributed by atoms with E-state index in [1.54, 1.807) is 12.1 Å². The van der Waals surface area contributed by atoms with Gasteiger partial charge in [0.15, 0.2) is 0 Å². The van der Waals surface area contributed by atoms with E-state index in [1.807, 2.05) is 24.0 Å². The molecule has 0 radical (unpaired) electrons. The summed E-state index contributed by atoms with van der Waals surface area (Å²) in [6.07, 6.45) is 3.52. The predicted octanol–water partition coefficient (Wildman–Crippen LogP) is 5.06. The zero-order chi connectivity index (χ0) is 24.6. The SMILES string of the molecule is C[C@@H]1Cc2cc(C(=O)N3CCC(Cc4ccccc4)CC3)ccc2N1S(=O)(=O)c1ccc(F)cc1. The first kappa shape index (κ1) is 23.5. The van der Waals surface area contributed by atoms with Gasteiger partial charge in [-0.2, -0.15) is 0 Å². The van der Waals surface area contributed by atoms with Gasteiger partial charge >= 0.3 is 0 Å². The third-order valence-corrected chi connectivity index (χ3v) is 9.06. The Kier molecular flexibility index (Phi) is 6.36. The van der Waals surface area contributed by atoms with Gasteiger partial charge in [-0.3, -0.25) is 9.10 Å². The summed E-state index contributed by atoms with van der Waals surface area (Å²) >= 11 is 0. The van der Waals surface area contributed by atoms with Crippen molar-refractivity contribution < 1.29 is 17.6 Å². The molecule has 1 amide bonds. The van der Waals surface area contributed by atoms with Crippen molar-refractivity contribution in [3.8, 4) is 0 Å². The molecule has 2 aliphatic rings. The number of anilines is 1. The van der Waals surface area contributed by atoms with Crippen LogP contribution in [0.3, 0.4) is 0 Å². The van der Waals surface area contributed by atoms with E-state index in [2.05, 4.69) is 24.3 Å². The number of fused-ring (bicyclic) bond motifs is 1. The molecular weight excluding hydrogens is 463 g/mol. The second-order valence-electron chi connectivity index (χ2n) is 9.58. The minimum absolute atomic E-state index is 0.00143. The van der Waals surface area contributed by atoms with Gasteiger partial charge in [-0.05, 0) is 92.1 Å². The van der Waals surface area contributed by atoms with Crippen LogP contribution in [-0.4, -0.2) is 38.4 Å². The largest absolute Gasteiger partial charge is 0.339 e.